The van der Waals surface area contributed by atoms with Crippen LogP contribution in [0.15, 0.2) is 11.1 Å². The highest BCUT2D eigenvalue weighted by molar-refractivity contribution is 6.25. The summed E-state index contributed by atoms with van der Waals surface area (Å²) < 4.78 is 0. The highest BCUT2D eigenvalue weighted by Gasteiger charge is 2.33. The molecule has 1 saturated heterocycles. The first kappa shape index (κ1) is 11.4. The average Bonchev–Trinajstić information content (AvgIpc) is 2.99. The van der Waals surface area contributed by atoms with Gasteiger partial charge in [0.2, 0.25) is 0 Å². The lowest BCUT2D eigenvalue weighted by atomic mass is 10.1. The van der Waals surface area contributed by atoms with E-state index >= 15 is 0 Å². The third-order valence-corrected chi connectivity index (χ3v) is 3.78. The highest BCUT2D eigenvalue weighted by atomic mass is 35.5. The molecule has 1 aliphatic heterocycles. The summed E-state index contributed by atoms with van der Waals surface area (Å²) in [4.78, 5) is 2.66. The predicted molar refractivity (Wildman–Crippen MR) is 65.2 cm³/mol. The molecule has 0 aromatic heterocycles. The summed E-state index contributed by atoms with van der Waals surface area (Å²) in [7, 11) is 0. The van der Waals surface area contributed by atoms with Crippen molar-refractivity contribution in [1.82, 2.24) is 10.2 Å². The average molecular weight is 229 g/mol. The summed E-state index contributed by atoms with van der Waals surface area (Å²) in [6, 6.07) is 0.944. The Morgan fingerprint density at radius 3 is 2.93 bits per heavy atom. The number of nitrogens with one attached hydrogen (secondary N) is 1. The van der Waals surface area contributed by atoms with Gasteiger partial charge in [0.05, 0.1) is 0 Å². The minimum atomic E-state index is 0.855. The van der Waals surface area contributed by atoms with Gasteiger partial charge in [-0.25, -0.2) is 0 Å². The lowest BCUT2D eigenvalue weighted by molar-refractivity contribution is 0.312. The zero-order chi connectivity index (χ0) is 10.7. The smallest absolute Gasteiger partial charge is 0.0173 e. The molecule has 1 N–H and O–H groups in total. The van der Waals surface area contributed by atoms with Gasteiger partial charge < -0.3 is 10.2 Å². The molecular weight excluding hydrogens is 208 g/mol. The van der Waals surface area contributed by atoms with Crippen LogP contribution in [0.25, 0.3) is 0 Å². The molecule has 3 heteroatoms. The van der Waals surface area contributed by atoms with Crippen LogP contribution >= 0.6 is 11.6 Å². The van der Waals surface area contributed by atoms with Crippen LogP contribution in [0, 0.1) is 5.92 Å². The molecule has 2 rings (SSSR count). The van der Waals surface area contributed by atoms with E-state index in [9.17, 15) is 0 Å². The normalized spacial score (nSPS) is 28.7. The molecule has 2 nitrogen and oxygen atoms in total. The largest absolute Gasteiger partial charge is 0.313 e. The molecule has 2 fully saturated rings. The van der Waals surface area contributed by atoms with E-state index in [1.54, 1.807) is 5.54 Å². The van der Waals surface area contributed by atoms with Crippen LogP contribution in [0.2, 0.25) is 0 Å². The molecule has 0 radical (unpaired) electrons. The number of nitrogens with zero attached hydrogens (tertiary/aromatic N) is 1. The molecule has 1 unspecified atom stereocenters. The van der Waals surface area contributed by atoms with Crippen molar-refractivity contribution in [3.8, 4) is 0 Å². The summed E-state index contributed by atoms with van der Waals surface area (Å²) in [5, 5.41) is 3.48. The molecule has 1 saturated carbocycles. The standard InChI is InChI=1S/C12H21ClN2/c1-10(6-13)7-14-8-11-4-5-15(9-11)12-2-3-12/h6,11-12,14H,2-5,7-9H2,1H3. The Kier molecular flexibility index (Phi) is 4.06. The Balaban J connectivity index is 1.60. The number of hydrogen-bond acceptors (Lipinski definition) is 2. The quantitative estimate of drug-likeness (QED) is 0.776. The van der Waals surface area contributed by atoms with E-state index in [-0.39, 0.29) is 0 Å². The van der Waals surface area contributed by atoms with Gasteiger partial charge in [0.25, 0.3) is 0 Å². The molecule has 0 aromatic rings. The molecule has 1 aliphatic carbocycles. The van der Waals surface area contributed by atoms with Crippen molar-refractivity contribution in [2.24, 2.45) is 5.92 Å². The fourth-order valence-corrected chi connectivity index (χ4v) is 2.39. The van der Waals surface area contributed by atoms with Crippen LogP contribution in [-0.4, -0.2) is 37.1 Å². The van der Waals surface area contributed by atoms with E-state index < -0.39 is 0 Å². The first-order valence-electron chi connectivity index (χ1n) is 6.00. The number of rotatable bonds is 5. The van der Waals surface area contributed by atoms with E-state index in [0.29, 0.717) is 0 Å². The van der Waals surface area contributed by atoms with Crippen molar-refractivity contribution in [3.05, 3.63) is 11.1 Å². The van der Waals surface area contributed by atoms with E-state index in [4.69, 9.17) is 11.6 Å². The number of halogens is 1. The van der Waals surface area contributed by atoms with Gasteiger partial charge >= 0.3 is 0 Å². The van der Waals surface area contributed by atoms with Crippen molar-refractivity contribution in [3.63, 3.8) is 0 Å². The lowest BCUT2D eigenvalue weighted by Gasteiger charge is -2.15. The van der Waals surface area contributed by atoms with Crippen LogP contribution in [0.3, 0.4) is 0 Å². The molecule has 0 amide bonds. The number of likely N-dealkylation sites (tertiary alicyclic amines) is 1. The summed E-state index contributed by atoms with van der Waals surface area (Å²) in [6.45, 7) is 6.77. The van der Waals surface area contributed by atoms with Crippen LogP contribution in [0.5, 0.6) is 0 Å². The molecule has 0 spiro atoms. The second kappa shape index (κ2) is 5.33. The Bertz CT molecular complexity index is 236. The highest BCUT2D eigenvalue weighted by Crippen LogP contribution is 2.31. The second-order valence-electron chi connectivity index (χ2n) is 4.97. The summed E-state index contributed by atoms with van der Waals surface area (Å²) in [5.41, 5.74) is 2.88. The summed E-state index contributed by atoms with van der Waals surface area (Å²) in [6.07, 6.45) is 4.25. The van der Waals surface area contributed by atoms with Crippen molar-refractivity contribution < 1.29 is 0 Å². The molecule has 2 aliphatic rings. The summed E-state index contributed by atoms with van der Waals surface area (Å²) in [5.74, 6) is 0.855. The SMILES string of the molecule is CC(=CCl)CNCC1CCN(C2CC2)C1. The van der Waals surface area contributed by atoms with Crippen molar-refractivity contribution in [1.29, 1.82) is 0 Å². The monoisotopic (exact) mass is 228 g/mol. The Morgan fingerprint density at radius 2 is 2.27 bits per heavy atom. The maximum absolute atomic E-state index is 5.61. The Labute approximate surface area is 97.7 Å². The first-order valence-corrected chi connectivity index (χ1v) is 6.44. The Morgan fingerprint density at radius 1 is 1.47 bits per heavy atom. The van der Waals surface area contributed by atoms with Gasteiger partial charge in [-0.3, -0.25) is 0 Å². The number of hydrogen-bond donors (Lipinski definition) is 1. The van der Waals surface area contributed by atoms with Crippen LogP contribution < -0.4 is 5.32 Å². The van der Waals surface area contributed by atoms with Gasteiger partial charge in [0.1, 0.15) is 0 Å². The maximum Gasteiger partial charge on any atom is 0.0173 e. The van der Waals surface area contributed by atoms with Crippen LogP contribution in [0.4, 0.5) is 0 Å². The summed E-state index contributed by atoms with van der Waals surface area (Å²) >= 11 is 5.61. The predicted octanol–water partition coefficient (Wildman–Crippen LogP) is 2.20. The fourth-order valence-electron chi connectivity index (χ4n) is 2.31. The third kappa shape index (κ3) is 3.47. The van der Waals surface area contributed by atoms with Gasteiger partial charge in [-0.1, -0.05) is 11.6 Å². The molecule has 1 atom stereocenters. The minimum absolute atomic E-state index is 0.855. The van der Waals surface area contributed by atoms with Crippen LogP contribution in [-0.2, 0) is 0 Å². The third-order valence-electron chi connectivity index (χ3n) is 3.40. The first-order chi connectivity index (χ1) is 7.29. The molecule has 1 heterocycles. The Hall–Kier alpha value is -0.0500. The molecule has 15 heavy (non-hydrogen) atoms. The van der Waals surface area contributed by atoms with Crippen LogP contribution in [0.1, 0.15) is 26.2 Å². The maximum atomic E-state index is 5.61. The van der Waals surface area contributed by atoms with E-state index in [1.165, 1.54) is 37.9 Å². The van der Waals surface area contributed by atoms with Gasteiger partial charge in [-0.2, -0.15) is 0 Å². The molecular formula is C12H21ClN2. The van der Waals surface area contributed by atoms with E-state index in [1.807, 2.05) is 0 Å². The zero-order valence-corrected chi connectivity index (χ0v) is 10.3. The lowest BCUT2D eigenvalue weighted by Crippen LogP contribution is -2.28. The minimum Gasteiger partial charge on any atom is -0.313 e. The fraction of sp³-hybridized carbons (Fsp3) is 0.833. The van der Waals surface area contributed by atoms with Crippen molar-refractivity contribution in [2.45, 2.75) is 32.2 Å². The van der Waals surface area contributed by atoms with Crippen molar-refractivity contribution >= 4 is 11.6 Å². The van der Waals surface area contributed by atoms with Gasteiger partial charge in [-0.15, -0.1) is 0 Å². The zero-order valence-electron chi connectivity index (χ0n) is 9.51. The van der Waals surface area contributed by atoms with Gasteiger partial charge in [0, 0.05) is 24.7 Å². The van der Waals surface area contributed by atoms with Crippen molar-refractivity contribution in [2.75, 3.05) is 26.2 Å². The second-order valence-corrected chi connectivity index (χ2v) is 5.19. The molecule has 0 aromatic carbocycles. The topological polar surface area (TPSA) is 15.3 Å². The van der Waals surface area contributed by atoms with E-state index in [0.717, 1.165) is 25.0 Å². The van der Waals surface area contributed by atoms with E-state index in [2.05, 4.69) is 17.1 Å². The molecule has 86 valence electrons. The van der Waals surface area contributed by atoms with Gasteiger partial charge in [0.15, 0.2) is 0 Å². The molecule has 0 bridgehead atoms. The van der Waals surface area contributed by atoms with Gasteiger partial charge in [-0.05, 0) is 50.8 Å².